The third-order valence-electron chi connectivity index (χ3n) is 4.86. The van der Waals surface area contributed by atoms with Crippen LogP contribution in [0, 0.1) is 10.1 Å². The van der Waals surface area contributed by atoms with Crippen molar-refractivity contribution in [2.45, 2.75) is 0 Å². The van der Waals surface area contributed by atoms with Crippen molar-refractivity contribution >= 4 is 62.2 Å². The van der Waals surface area contributed by atoms with Gasteiger partial charge in [-0.05, 0) is 54.2 Å². The number of thioether (sulfide) groups is 1. The van der Waals surface area contributed by atoms with Crippen molar-refractivity contribution in [2.75, 3.05) is 19.0 Å². The predicted octanol–water partition coefficient (Wildman–Crippen LogP) is 5.30. The molecule has 2 aromatic carbocycles. The Morgan fingerprint density at radius 1 is 1.20 bits per heavy atom. The normalized spacial score (nSPS) is 14.5. The lowest BCUT2D eigenvalue weighted by molar-refractivity contribution is -0.384. The highest BCUT2D eigenvalue weighted by atomic mass is 79.9. The van der Waals surface area contributed by atoms with E-state index in [1.54, 1.807) is 36.4 Å². The zero-order chi connectivity index (χ0) is 25.1. The van der Waals surface area contributed by atoms with Gasteiger partial charge in [0.25, 0.3) is 16.8 Å². The van der Waals surface area contributed by atoms with Gasteiger partial charge in [0.05, 0.1) is 28.6 Å². The van der Waals surface area contributed by atoms with Crippen LogP contribution in [0.1, 0.15) is 5.76 Å². The number of furan rings is 1. The molecule has 1 saturated heterocycles. The molecule has 3 amide bonds. The molecule has 3 aromatic rings. The van der Waals surface area contributed by atoms with E-state index in [-0.39, 0.29) is 22.1 Å². The van der Waals surface area contributed by atoms with Crippen molar-refractivity contribution in [1.82, 2.24) is 4.90 Å². The van der Waals surface area contributed by atoms with Gasteiger partial charge in [0.2, 0.25) is 5.91 Å². The van der Waals surface area contributed by atoms with Gasteiger partial charge in [0.15, 0.2) is 0 Å². The average molecular weight is 558 g/mol. The van der Waals surface area contributed by atoms with Crippen molar-refractivity contribution in [2.24, 2.45) is 0 Å². The summed E-state index contributed by atoms with van der Waals surface area (Å²) in [5.41, 5.74) is 0.885. The molecule has 35 heavy (non-hydrogen) atoms. The summed E-state index contributed by atoms with van der Waals surface area (Å²) < 4.78 is 11.8. The summed E-state index contributed by atoms with van der Waals surface area (Å²) in [4.78, 5) is 48.8. The molecule has 1 N–H and O–H groups in total. The maximum absolute atomic E-state index is 12.7. The number of nitrogens with one attached hydrogen (secondary N) is 1. The fourth-order valence-corrected chi connectivity index (χ4v) is 4.30. The number of benzene rings is 2. The van der Waals surface area contributed by atoms with E-state index in [2.05, 4.69) is 21.2 Å². The van der Waals surface area contributed by atoms with Crippen LogP contribution in [0.3, 0.4) is 0 Å². The van der Waals surface area contributed by atoms with Crippen molar-refractivity contribution in [1.29, 1.82) is 0 Å². The molecule has 178 valence electrons. The number of hydrogen-bond donors (Lipinski definition) is 1. The first-order valence-corrected chi connectivity index (χ1v) is 11.6. The number of carbonyl (C=O) groups is 3. The highest BCUT2D eigenvalue weighted by molar-refractivity contribution is 9.10. The van der Waals surface area contributed by atoms with E-state index < -0.39 is 28.5 Å². The van der Waals surface area contributed by atoms with E-state index in [1.807, 2.05) is 0 Å². The van der Waals surface area contributed by atoms with Gasteiger partial charge in [-0.25, -0.2) is 0 Å². The van der Waals surface area contributed by atoms with Crippen molar-refractivity contribution in [3.05, 3.63) is 79.8 Å². The van der Waals surface area contributed by atoms with Crippen LogP contribution in [-0.2, 0) is 9.59 Å². The molecule has 1 aliphatic heterocycles. The lowest BCUT2D eigenvalue weighted by atomic mass is 10.1. The van der Waals surface area contributed by atoms with Gasteiger partial charge >= 0.3 is 0 Å². The first-order chi connectivity index (χ1) is 16.7. The number of nitro benzene ring substituents is 1. The Labute approximate surface area is 211 Å². The first kappa shape index (κ1) is 24.2. The van der Waals surface area contributed by atoms with Crippen LogP contribution in [0.5, 0.6) is 5.75 Å². The van der Waals surface area contributed by atoms with Gasteiger partial charge < -0.3 is 14.5 Å². The summed E-state index contributed by atoms with van der Waals surface area (Å²) in [7, 11) is 1.38. The Bertz CT molecular complexity index is 1370. The zero-order valence-electron chi connectivity index (χ0n) is 18.0. The van der Waals surface area contributed by atoms with E-state index in [4.69, 9.17) is 9.15 Å². The van der Waals surface area contributed by atoms with E-state index in [9.17, 15) is 24.5 Å². The molecule has 0 unspecified atom stereocenters. The Morgan fingerprint density at radius 3 is 2.63 bits per heavy atom. The molecule has 10 nitrogen and oxygen atoms in total. The second-order valence-electron chi connectivity index (χ2n) is 7.17. The highest BCUT2D eigenvalue weighted by Crippen LogP contribution is 2.36. The van der Waals surface area contributed by atoms with Gasteiger partial charge in [-0.3, -0.25) is 29.4 Å². The minimum Gasteiger partial charge on any atom is -0.496 e. The summed E-state index contributed by atoms with van der Waals surface area (Å²) in [5.74, 6) is -0.239. The van der Waals surface area contributed by atoms with Crippen LogP contribution in [0.15, 0.2) is 68.4 Å². The number of ether oxygens (including phenoxy) is 1. The molecule has 1 aromatic heterocycles. The number of non-ortho nitro benzene ring substituents is 1. The minimum atomic E-state index is -0.614. The number of anilines is 1. The van der Waals surface area contributed by atoms with Crippen molar-refractivity contribution in [3.8, 4) is 17.1 Å². The van der Waals surface area contributed by atoms with Crippen LogP contribution < -0.4 is 10.1 Å². The standard InChI is InChI=1S/C23H16BrN3O7S/c1-33-19-10-15(27(31)32)6-8-17(19)18-9-7-16(34-18)11-20-22(29)26(23(30)35-20)12-21(28)25-14-4-2-13(24)3-5-14/h2-11H,12H2,1H3,(H,25,28)/b20-11+. The van der Waals surface area contributed by atoms with Crippen molar-refractivity contribution in [3.63, 3.8) is 0 Å². The Kier molecular flexibility index (Phi) is 7.03. The van der Waals surface area contributed by atoms with Crippen molar-refractivity contribution < 1.29 is 28.5 Å². The lowest BCUT2D eigenvalue weighted by Gasteiger charge is -2.12. The lowest BCUT2D eigenvalue weighted by Crippen LogP contribution is -2.36. The summed E-state index contributed by atoms with van der Waals surface area (Å²) in [6, 6.07) is 14.2. The molecule has 0 aliphatic carbocycles. The van der Waals surface area contributed by atoms with Gasteiger partial charge in [-0.2, -0.15) is 0 Å². The maximum Gasteiger partial charge on any atom is 0.294 e. The summed E-state index contributed by atoms with van der Waals surface area (Å²) in [5, 5.41) is 13.1. The van der Waals surface area contributed by atoms with Crippen LogP contribution >= 0.6 is 27.7 Å². The van der Waals surface area contributed by atoms with Gasteiger partial charge in [-0.15, -0.1) is 0 Å². The van der Waals surface area contributed by atoms with Crippen LogP contribution in [0.2, 0.25) is 0 Å². The number of amides is 3. The third-order valence-corrected chi connectivity index (χ3v) is 6.30. The molecule has 4 rings (SSSR count). The number of halogens is 1. The molecule has 0 spiro atoms. The Morgan fingerprint density at radius 2 is 1.94 bits per heavy atom. The van der Waals surface area contributed by atoms with E-state index in [0.29, 0.717) is 28.8 Å². The predicted molar refractivity (Wildman–Crippen MR) is 133 cm³/mol. The molecule has 0 atom stereocenters. The van der Waals surface area contributed by atoms with E-state index in [0.717, 1.165) is 9.37 Å². The number of nitrogens with zero attached hydrogens (tertiary/aromatic N) is 2. The number of carbonyl (C=O) groups excluding carboxylic acids is 3. The van der Waals surface area contributed by atoms with Crippen LogP contribution in [-0.4, -0.2) is 40.5 Å². The molecule has 1 aliphatic rings. The summed E-state index contributed by atoms with van der Waals surface area (Å²) in [6.45, 7) is -0.429. The second kappa shape index (κ2) is 10.2. The molecule has 0 saturated carbocycles. The molecular weight excluding hydrogens is 542 g/mol. The van der Waals surface area contributed by atoms with Gasteiger partial charge in [0, 0.05) is 22.3 Å². The Balaban J connectivity index is 1.48. The van der Waals surface area contributed by atoms with Gasteiger partial charge in [-0.1, -0.05) is 15.9 Å². The fraction of sp³-hybridized carbons (Fsp3) is 0.0870. The average Bonchev–Trinajstić information content (AvgIpc) is 3.40. The SMILES string of the molecule is COc1cc([N+](=O)[O-])ccc1-c1ccc(/C=C2/SC(=O)N(CC(=O)Nc3ccc(Br)cc3)C2=O)o1. The van der Waals surface area contributed by atoms with E-state index >= 15 is 0 Å². The maximum atomic E-state index is 12.7. The molecule has 2 heterocycles. The smallest absolute Gasteiger partial charge is 0.294 e. The number of hydrogen-bond acceptors (Lipinski definition) is 8. The molecule has 12 heteroatoms. The highest BCUT2D eigenvalue weighted by Gasteiger charge is 2.36. The van der Waals surface area contributed by atoms with Crippen LogP contribution in [0.4, 0.5) is 16.2 Å². The Hall–Kier alpha value is -3.90. The first-order valence-electron chi connectivity index (χ1n) is 9.98. The monoisotopic (exact) mass is 557 g/mol. The third kappa shape index (κ3) is 5.44. The summed E-state index contributed by atoms with van der Waals surface area (Å²) in [6.07, 6.45) is 1.40. The molecule has 0 bridgehead atoms. The number of nitro groups is 1. The zero-order valence-corrected chi connectivity index (χ0v) is 20.4. The topological polar surface area (TPSA) is 132 Å². The fourth-order valence-electron chi connectivity index (χ4n) is 3.22. The van der Waals surface area contributed by atoms with Gasteiger partial charge in [0.1, 0.15) is 23.8 Å². The van der Waals surface area contributed by atoms with E-state index in [1.165, 1.54) is 31.4 Å². The largest absolute Gasteiger partial charge is 0.496 e. The second-order valence-corrected chi connectivity index (χ2v) is 9.08. The summed E-state index contributed by atoms with van der Waals surface area (Å²) >= 11 is 4.00. The molecule has 1 fully saturated rings. The number of imide groups is 1. The van der Waals surface area contributed by atoms with Crippen LogP contribution in [0.25, 0.3) is 17.4 Å². The minimum absolute atomic E-state index is 0.100. The molecule has 0 radical (unpaired) electrons. The number of methoxy groups -OCH3 is 1. The molecular formula is C23H16BrN3O7S. The quantitative estimate of drug-likeness (QED) is 0.235. The number of rotatable bonds is 7.